The number of carbonyl (C=O) groups is 1. The molecular weight excluding hydrogens is 314 g/mol. The van der Waals surface area contributed by atoms with E-state index in [2.05, 4.69) is 25.5 Å². The van der Waals surface area contributed by atoms with Crippen LogP contribution >= 0.6 is 23.1 Å². The molecule has 8 nitrogen and oxygen atoms in total. The van der Waals surface area contributed by atoms with Gasteiger partial charge in [-0.3, -0.25) is 14.9 Å². The van der Waals surface area contributed by atoms with E-state index >= 15 is 0 Å². The van der Waals surface area contributed by atoms with Crippen LogP contribution in [0.5, 0.6) is 0 Å². The lowest BCUT2D eigenvalue weighted by atomic mass is 10.4. The number of hydrogen-bond acceptors (Lipinski definition) is 8. The Bertz CT molecular complexity index is 684. The molecule has 2 aromatic rings. The molecule has 0 bridgehead atoms. The molecule has 0 fully saturated rings. The molecule has 2 aromatic heterocycles. The minimum Gasteiger partial charge on any atom is -0.377 e. The Morgan fingerprint density at radius 1 is 1.52 bits per heavy atom. The third-order valence-electron chi connectivity index (χ3n) is 2.26. The first-order valence-electron chi connectivity index (χ1n) is 5.84. The van der Waals surface area contributed by atoms with Crippen LogP contribution in [0.2, 0.25) is 0 Å². The van der Waals surface area contributed by atoms with E-state index in [0.717, 1.165) is 6.07 Å². The van der Waals surface area contributed by atoms with Crippen molar-refractivity contribution in [1.82, 2.24) is 20.2 Å². The third kappa shape index (κ3) is 4.34. The molecule has 0 saturated carbocycles. The third-order valence-corrected chi connectivity index (χ3v) is 3.63. The highest BCUT2D eigenvalue weighted by Crippen LogP contribution is 2.16. The van der Waals surface area contributed by atoms with Crippen LogP contribution in [-0.2, 0) is 17.1 Å². The van der Waals surface area contributed by atoms with Crippen molar-refractivity contribution >= 4 is 34.1 Å². The van der Waals surface area contributed by atoms with Crippen LogP contribution in [-0.4, -0.2) is 39.4 Å². The molecule has 10 heteroatoms. The summed E-state index contributed by atoms with van der Waals surface area (Å²) in [4.78, 5) is 30.3. The summed E-state index contributed by atoms with van der Waals surface area (Å²) >= 11 is 2.70. The summed E-state index contributed by atoms with van der Waals surface area (Å²) in [5.41, 5.74) is -0.317. The van der Waals surface area contributed by atoms with Crippen molar-refractivity contribution in [2.24, 2.45) is 0 Å². The van der Waals surface area contributed by atoms with Gasteiger partial charge in [0, 0.05) is 13.2 Å². The van der Waals surface area contributed by atoms with Gasteiger partial charge in [-0.2, -0.15) is 11.8 Å². The minimum atomic E-state index is -0.497. The lowest BCUT2D eigenvalue weighted by molar-refractivity contribution is 0.102. The highest BCUT2D eigenvalue weighted by molar-refractivity contribution is 7.97. The highest BCUT2D eigenvalue weighted by atomic mass is 32.2. The first kappa shape index (κ1) is 15.6. The highest BCUT2D eigenvalue weighted by Gasteiger charge is 2.13. The van der Waals surface area contributed by atoms with Crippen molar-refractivity contribution in [3.63, 3.8) is 0 Å². The Morgan fingerprint density at radius 2 is 2.33 bits per heavy atom. The van der Waals surface area contributed by atoms with Gasteiger partial charge in [-0.1, -0.05) is 11.3 Å². The lowest BCUT2D eigenvalue weighted by Gasteiger charge is -2.02. The number of carbonyl (C=O) groups excluding carboxylic acids is 1. The zero-order valence-electron chi connectivity index (χ0n) is 11.4. The predicted molar refractivity (Wildman–Crippen MR) is 80.7 cm³/mol. The van der Waals surface area contributed by atoms with Crippen molar-refractivity contribution in [2.45, 2.75) is 12.4 Å². The van der Waals surface area contributed by atoms with Gasteiger partial charge < -0.3 is 9.72 Å². The molecule has 2 N–H and O–H groups in total. The summed E-state index contributed by atoms with van der Waals surface area (Å²) < 4.78 is 4.92. The monoisotopic (exact) mass is 327 g/mol. The molecule has 0 aliphatic carbocycles. The maximum absolute atomic E-state index is 12.1. The van der Waals surface area contributed by atoms with Crippen LogP contribution < -0.4 is 10.9 Å². The number of nitrogens with one attached hydrogen (secondary N) is 2. The van der Waals surface area contributed by atoms with Crippen molar-refractivity contribution in [3.05, 3.63) is 32.9 Å². The molecule has 0 aromatic carbocycles. The van der Waals surface area contributed by atoms with E-state index in [9.17, 15) is 9.59 Å². The summed E-state index contributed by atoms with van der Waals surface area (Å²) in [5, 5.41) is 11.2. The molecule has 2 rings (SSSR count). The molecule has 0 spiro atoms. The van der Waals surface area contributed by atoms with Crippen molar-refractivity contribution < 1.29 is 9.53 Å². The standard InChI is InChI=1S/C11H13N5O3S2/c1-19-4-9-15-16-11(21-9)14-10(18)6-3-8(17)13-7(12-6)5-20-2/h3H,4-5H2,1-2H3,(H,12,13,17)(H,14,16,18). The van der Waals surface area contributed by atoms with Gasteiger partial charge in [0.1, 0.15) is 23.1 Å². The van der Waals surface area contributed by atoms with Crippen LogP contribution in [0.1, 0.15) is 21.3 Å². The van der Waals surface area contributed by atoms with Gasteiger partial charge in [0.05, 0.1) is 5.75 Å². The normalized spacial score (nSPS) is 10.6. The van der Waals surface area contributed by atoms with Crippen LogP contribution in [0.15, 0.2) is 10.9 Å². The molecule has 1 amide bonds. The van der Waals surface area contributed by atoms with Crippen LogP contribution in [0.25, 0.3) is 0 Å². The van der Waals surface area contributed by atoms with E-state index < -0.39 is 5.91 Å². The number of rotatable bonds is 6. The Labute approximate surface area is 128 Å². The van der Waals surface area contributed by atoms with Gasteiger partial charge in [-0.25, -0.2) is 4.98 Å². The fraction of sp³-hybridized carbons (Fsp3) is 0.364. The molecule has 2 heterocycles. The number of thioether (sulfide) groups is 1. The fourth-order valence-corrected chi connectivity index (χ4v) is 2.59. The van der Waals surface area contributed by atoms with Gasteiger partial charge in [0.25, 0.3) is 11.5 Å². The average Bonchev–Trinajstić information content (AvgIpc) is 2.86. The molecule has 0 saturated heterocycles. The SMILES string of the molecule is COCc1nnc(NC(=O)c2cc(=O)[nH]c(CSC)n2)s1. The molecule has 0 atom stereocenters. The topological polar surface area (TPSA) is 110 Å². The summed E-state index contributed by atoms with van der Waals surface area (Å²) in [5.74, 6) is 0.480. The second-order valence-corrected chi connectivity index (χ2v) is 5.83. The minimum absolute atomic E-state index is 0.0475. The Balaban J connectivity index is 2.13. The van der Waals surface area contributed by atoms with Crippen LogP contribution in [0.4, 0.5) is 5.13 Å². The molecule has 21 heavy (non-hydrogen) atoms. The molecule has 0 unspecified atom stereocenters. The predicted octanol–water partition coefficient (Wildman–Crippen LogP) is 0.883. The van der Waals surface area contributed by atoms with Gasteiger partial charge in [0.15, 0.2) is 0 Å². The number of nitrogens with zero attached hydrogens (tertiary/aromatic N) is 3. The summed E-state index contributed by atoms with van der Waals surface area (Å²) in [6.45, 7) is 0.328. The second-order valence-electron chi connectivity index (χ2n) is 3.90. The van der Waals surface area contributed by atoms with E-state index in [-0.39, 0.29) is 11.3 Å². The number of H-pyrrole nitrogens is 1. The molecule has 112 valence electrons. The number of anilines is 1. The van der Waals surface area contributed by atoms with Gasteiger partial charge in [-0.15, -0.1) is 10.2 Å². The van der Waals surface area contributed by atoms with Gasteiger partial charge in [0.2, 0.25) is 5.13 Å². The lowest BCUT2D eigenvalue weighted by Crippen LogP contribution is -2.20. The number of aromatic amines is 1. The molecule has 0 radical (unpaired) electrons. The Morgan fingerprint density at radius 3 is 3.05 bits per heavy atom. The first-order chi connectivity index (χ1) is 10.1. The second kappa shape index (κ2) is 7.29. The summed E-state index contributed by atoms with van der Waals surface area (Å²) in [6, 6.07) is 1.15. The maximum Gasteiger partial charge on any atom is 0.276 e. The van der Waals surface area contributed by atoms with Crippen LogP contribution in [0, 0.1) is 0 Å². The number of ether oxygens (including phenoxy) is 1. The number of methoxy groups -OCH3 is 1. The average molecular weight is 327 g/mol. The van der Waals surface area contributed by atoms with E-state index in [1.165, 1.54) is 23.1 Å². The molecule has 0 aliphatic heterocycles. The largest absolute Gasteiger partial charge is 0.377 e. The van der Waals surface area contributed by atoms with Crippen LogP contribution in [0.3, 0.4) is 0 Å². The van der Waals surface area contributed by atoms with E-state index in [4.69, 9.17) is 4.74 Å². The molecule has 0 aliphatic rings. The fourth-order valence-electron chi connectivity index (χ4n) is 1.48. The van der Waals surface area contributed by atoms with Crippen molar-refractivity contribution in [2.75, 3.05) is 18.7 Å². The van der Waals surface area contributed by atoms with E-state index in [1.807, 2.05) is 6.26 Å². The number of amides is 1. The van der Waals surface area contributed by atoms with Gasteiger partial charge >= 0.3 is 0 Å². The molecular formula is C11H13N5O3S2. The zero-order chi connectivity index (χ0) is 15.2. The van der Waals surface area contributed by atoms with Crippen molar-refractivity contribution in [1.29, 1.82) is 0 Å². The Hall–Kier alpha value is -1.78. The first-order valence-corrected chi connectivity index (χ1v) is 8.05. The smallest absolute Gasteiger partial charge is 0.276 e. The van der Waals surface area contributed by atoms with E-state index in [1.54, 1.807) is 7.11 Å². The van der Waals surface area contributed by atoms with Crippen molar-refractivity contribution in [3.8, 4) is 0 Å². The Kier molecular flexibility index (Phi) is 5.42. The maximum atomic E-state index is 12.1. The van der Waals surface area contributed by atoms with Gasteiger partial charge in [-0.05, 0) is 6.26 Å². The number of aromatic nitrogens is 4. The quantitative estimate of drug-likeness (QED) is 0.810. The zero-order valence-corrected chi connectivity index (χ0v) is 13.0. The number of hydrogen-bond donors (Lipinski definition) is 2. The summed E-state index contributed by atoms with van der Waals surface area (Å²) in [6.07, 6.45) is 1.88. The summed E-state index contributed by atoms with van der Waals surface area (Å²) in [7, 11) is 1.55. The van der Waals surface area contributed by atoms with E-state index in [0.29, 0.717) is 28.3 Å².